The van der Waals surface area contributed by atoms with E-state index >= 15 is 0 Å². The van der Waals surface area contributed by atoms with E-state index in [2.05, 4.69) is 175 Å². The highest BCUT2D eigenvalue weighted by Gasteiger charge is 2.39. The van der Waals surface area contributed by atoms with E-state index in [1.165, 1.54) is 43.8 Å². The minimum Gasteiger partial charge on any atom is -0.439 e. The first-order valence-corrected chi connectivity index (χ1v) is 18.5. The minimum atomic E-state index is -0.338. The fourth-order valence-corrected chi connectivity index (χ4v) is 9.38. The van der Waals surface area contributed by atoms with E-state index in [1.54, 1.807) is 0 Å². The van der Waals surface area contributed by atoms with E-state index in [-0.39, 0.29) is 5.41 Å². The molecule has 0 N–H and O–H groups in total. The van der Waals surface area contributed by atoms with Crippen molar-refractivity contribution in [3.63, 3.8) is 0 Å². The molecule has 0 atom stereocenters. The van der Waals surface area contributed by atoms with Gasteiger partial charge in [-0.3, -0.25) is 4.57 Å². The Kier molecular flexibility index (Phi) is 5.78. The van der Waals surface area contributed by atoms with E-state index in [0.717, 1.165) is 61.2 Å². The quantitative estimate of drug-likeness (QED) is 0.185. The zero-order valence-electron chi connectivity index (χ0n) is 29.7. The molecule has 0 amide bonds. The van der Waals surface area contributed by atoms with Crippen molar-refractivity contribution in [1.29, 1.82) is 0 Å². The molecule has 0 saturated carbocycles. The van der Waals surface area contributed by atoms with Gasteiger partial charge in [-0.1, -0.05) is 129 Å². The van der Waals surface area contributed by atoms with Crippen molar-refractivity contribution >= 4 is 65.7 Å². The molecule has 0 unspecified atom stereocenters. The number of nitrogens with zero attached hydrogens (tertiary/aromatic N) is 4. The molecule has 5 nitrogen and oxygen atoms in total. The molecule has 11 aromatic rings. The Hall–Kier alpha value is -6.98. The van der Waals surface area contributed by atoms with E-state index in [4.69, 9.17) is 14.4 Å². The lowest BCUT2D eigenvalue weighted by Crippen LogP contribution is -2.27. The minimum absolute atomic E-state index is 0.338. The molecule has 12 rings (SSSR count). The van der Waals surface area contributed by atoms with Crippen LogP contribution in [0.1, 0.15) is 25.0 Å². The molecule has 0 bridgehead atoms. The third-order valence-corrected chi connectivity index (χ3v) is 11.7. The number of fused-ring (bicyclic) bond motifs is 11. The smallest absolute Gasteiger partial charge is 0.213 e. The van der Waals surface area contributed by atoms with Gasteiger partial charge in [-0.05, 0) is 53.6 Å². The monoisotopic (exact) mass is 692 g/mol. The summed E-state index contributed by atoms with van der Waals surface area (Å²) in [5.41, 5.74) is 13.6. The normalized spacial score (nSPS) is 13.5. The van der Waals surface area contributed by atoms with E-state index in [9.17, 15) is 0 Å². The molecule has 0 radical (unpaired) electrons. The fraction of sp³-hybridized carbons (Fsp3) is 0.0612. The summed E-state index contributed by atoms with van der Waals surface area (Å²) >= 11 is 0. The Morgan fingerprint density at radius 1 is 0.556 bits per heavy atom. The third kappa shape index (κ3) is 3.83. The molecule has 0 spiro atoms. The molecule has 5 heteroatoms. The Balaban J connectivity index is 1.11. The van der Waals surface area contributed by atoms with Gasteiger partial charge < -0.3 is 8.98 Å². The predicted molar refractivity (Wildman–Crippen MR) is 221 cm³/mol. The van der Waals surface area contributed by atoms with Gasteiger partial charge in [0.05, 0.1) is 38.8 Å². The first-order chi connectivity index (χ1) is 26.6. The average molecular weight is 693 g/mol. The number of para-hydroxylation sites is 5. The summed E-state index contributed by atoms with van der Waals surface area (Å²) in [4.78, 5) is 10.7. The van der Waals surface area contributed by atoms with Crippen molar-refractivity contribution in [2.24, 2.45) is 0 Å². The average Bonchev–Trinajstić information content (AvgIpc) is 3.87. The standard InChI is InChI=1S/C49H32N4O/c1-49(2)37-22-12-20-35-43-34-19-6-10-27-42(34)54-48(43)53(46(35)37)41-26-13-21-36(44(41)49)45-33-18-3-7-23-38(33)50-47(51-45)29-14-11-15-30(28-29)52-39-24-8-4-16-31(39)32-17-5-9-25-40(32)52/h3-28H,1-2H3. The number of aromatic nitrogens is 4. The van der Waals surface area contributed by atoms with Gasteiger partial charge in [0.1, 0.15) is 5.58 Å². The van der Waals surface area contributed by atoms with Gasteiger partial charge >= 0.3 is 0 Å². The van der Waals surface area contributed by atoms with Crippen LogP contribution in [0.25, 0.3) is 99.7 Å². The molecule has 1 aliphatic heterocycles. The first-order valence-electron chi connectivity index (χ1n) is 18.5. The number of rotatable bonds is 3. The SMILES string of the molecule is CC1(C)c2c(-c3nc(-c4cccc(-n5c6ccccc6c6ccccc65)c4)nc4ccccc34)cccc2-n2c3oc4ccccc4c3c3cccc1c32. The molecule has 5 heterocycles. The maximum absolute atomic E-state index is 6.70. The van der Waals surface area contributed by atoms with Gasteiger partial charge in [-0.2, -0.15) is 0 Å². The maximum atomic E-state index is 6.70. The Bertz CT molecular complexity index is 3320. The molecule has 0 aliphatic carbocycles. The van der Waals surface area contributed by atoms with Gasteiger partial charge in [0, 0.05) is 49.2 Å². The molecule has 4 aromatic heterocycles. The van der Waals surface area contributed by atoms with Crippen LogP contribution in [0.5, 0.6) is 0 Å². The lowest BCUT2D eigenvalue weighted by Gasteiger charge is -2.36. The largest absolute Gasteiger partial charge is 0.439 e. The summed E-state index contributed by atoms with van der Waals surface area (Å²) in [6, 6.07) is 56.0. The second kappa shape index (κ2) is 10.6. The summed E-state index contributed by atoms with van der Waals surface area (Å²) in [7, 11) is 0. The summed E-state index contributed by atoms with van der Waals surface area (Å²) in [6.07, 6.45) is 0. The molecule has 0 saturated heterocycles. The third-order valence-electron chi connectivity index (χ3n) is 11.7. The van der Waals surface area contributed by atoms with Crippen LogP contribution in [0.4, 0.5) is 0 Å². The van der Waals surface area contributed by atoms with Gasteiger partial charge in [-0.15, -0.1) is 0 Å². The van der Waals surface area contributed by atoms with Crippen molar-refractivity contribution in [2.45, 2.75) is 19.3 Å². The van der Waals surface area contributed by atoms with Crippen molar-refractivity contribution in [3.8, 4) is 34.0 Å². The predicted octanol–water partition coefficient (Wildman–Crippen LogP) is 12.5. The lowest BCUT2D eigenvalue weighted by atomic mass is 9.72. The summed E-state index contributed by atoms with van der Waals surface area (Å²) in [6.45, 7) is 4.69. The van der Waals surface area contributed by atoms with Crippen molar-refractivity contribution in [1.82, 2.24) is 19.1 Å². The number of hydrogen-bond acceptors (Lipinski definition) is 3. The van der Waals surface area contributed by atoms with Crippen LogP contribution < -0.4 is 0 Å². The molecule has 0 fully saturated rings. The highest BCUT2D eigenvalue weighted by Crippen LogP contribution is 2.52. The molecule has 1 aliphatic rings. The van der Waals surface area contributed by atoms with Gasteiger partial charge in [0.2, 0.25) is 5.71 Å². The van der Waals surface area contributed by atoms with E-state index in [1.807, 2.05) is 6.07 Å². The maximum Gasteiger partial charge on any atom is 0.213 e. The molecule has 54 heavy (non-hydrogen) atoms. The van der Waals surface area contributed by atoms with Crippen LogP contribution in [-0.4, -0.2) is 19.1 Å². The number of hydrogen-bond donors (Lipinski definition) is 0. The Morgan fingerprint density at radius 3 is 2.04 bits per heavy atom. The number of benzene rings is 7. The summed E-state index contributed by atoms with van der Waals surface area (Å²) in [5.74, 6) is 0.695. The summed E-state index contributed by atoms with van der Waals surface area (Å²) in [5, 5.41) is 7.01. The van der Waals surface area contributed by atoms with Crippen molar-refractivity contribution < 1.29 is 4.42 Å². The molecule has 254 valence electrons. The van der Waals surface area contributed by atoms with Crippen LogP contribution >= 0.6 is 0 Å². The van der Waals surface area contributed by atoms with E-state index < -0.39 is 0 Å². The van der Waals surface area contributed by atoms with Crippen molar-refractivity contribution in [2.75, 3.05) is 0 Å². The fourth-order valence-electron chi connectivity index (χ4n) is 9.38. The van der Waals surface area contributed by atoms with Crippen LogP contribution in [-0.2, 0) is 5.41 Å². The van der Waals surface area contributed by atoms with Gasteiger partial charge in [0.25, 0.3) is 0 Å². The summed E-state index contributed by atoms with van der Waals surface area (Å²) < 4.78 is 11.4. The van der Waals surface area contributed by atoms with E-state index in [0.29, 0.717) is 5.82 Å². The molecular weight excluding hydrogens is 661 g/mol. The molecule has 7 aromatic carbocycles. The van der Waals surface area contributed by atoms with Crippen LogP contribution in [0.3, 0.4) is 0 Å². The van der Waals surface area contributed by atoms with Crippen LogP contribution in [0.15, 0.2) is 162 Å². The Morgan fingerprint density at radius 2 is 1.22 bits per heavy atom. The highest BCUT2D eigenvalue weighted by atomic mass is 16.3. The highest BCUT2D eigenvalue weighted by molar-refractivity contribution is 6.21. The second-order valence-corrected chi connectivity index (χ2v) is 15.0. The Labute approximate surface area is 310 Å². The van der Waals surface area contributed by atoms with Gasteiger partial charge in [-0.25, -0.2) is 9.97 Å². The topological polar surface area (TPSA) is 48.8 Å². The molecular formula is C49H32N4O. The second-order valence-electron chi connectivity index (χ2n) is 15.0. The zero-order valence-corrected chi connectivity index (χ0v) is 29.7. The van der Waals surface area contributed by atoms with Crippen LogP contribution in [0.2, 0.25) is 0 Å². The number of furan rings is 1. The van der Waals surface area contributed by atoms with Crippen molar-refractivity contribution in [3.05, 3.63) is 169 Å². The van der Waals surface area contributed by atoms with Crippen LogP contribution in [0, 0.1) is 0 Å². The first kappa shape index (κ1) is 29.6. The zero-order chi connectivity index (χ0) is 35.7. The lowest BCUT2D eigenvalue weighted by molar-refractivity contribution is 0.613. The van der Waals surface area contributed by atoms with Gasteiger partial charge in [0.15, 0.2) is 5.82 Å².